The molecule has 0 aliphatic rings. The molecule has 1 heterocycles. The lowest BCUT2D eigenvalue weighted by Gasteiger charge is -2.06. The molecule has 0 spiro atoms. The van der Waals surface area contributed by atoms with Crippen LogP contribution in [0, 0.1) is 0 Å². The highest BCUT2D eigenvalue weighted by Crippen LogP contribution is 2.18. The molecule has 1 amide bonds. The smallest absolute Gasteiger partial charge is 0.224 e. The Balaban J connectivity index is 1.35. The van der Waals surface area contributed by atoms with Crippen molar-refractivity contribution in [3.63, 3.8) is 0 Å². The monoisotopic (exact) mass is 328 g/mol. The van der Waals surface area contributed by atoms with E-state index in [4.69, 9.17) is 0 Å². The first-order chi connectivity index (χ1) is 12.3. The van der Waals surface area contributed by atoms with E-state index in [1.807, 2.05) is 36.5 Å². The van der Waals surface area contributed by atoms with Crippen molar-refractivity contribution < 1.29 is 4.79 Å². The fourth-order valence-electron chi connectivity index (χ4n) is 3.27. The van der Waals surface area contributed by atoms with Gasteiger partial charge >= 0.3 is 0 Å². The molecule has 0 saturated heterocycles. The minimum atomic E-state index is 0.0649. The minimum Gasteiger partial charge on any atom is -0.361 e. The van der Waals surface area contributed by atoms with Gasteiger partial charge in [-0.05, 0) is 34.4 Å². The van der Waals surface area contributed by atoms with E-state index in [9.17, 15) is 4.79 Å². The quantitative estimate of drug-likeness (QED) is 0.566. The second kappa shape index (κ2) is 6.81. The fourth-order valence-corrected chi connectivity index (χ4v) is 3.27. The van der Waals surface area contributed by atoms with Gasteiger partial charge in [-0.2, -0.15) is 0 Å². The average molecular weight is 328 g/mol. The van der Waals surface area contributed by atoms with Gasteiger partial charge in [0.1, 0.15) is 0 Å². The third kappa shape index (κ3) is 3.41. The van der Waals surface area contributed by atoms with Gasteiger partial charge in [-0.1, -0.05) is 60.7 Å². The lowest BCUT2D eigenvalue weighted by molar-refractivity contribution is -0.120. The van der Waals surface area contributed by atoms with Crippen LogP contribution in [0.2, 0.25) is 0 Å². The van der Waals surface area contributed by atoms with E-state index in [0.717, 1.165) is 17.5 Å². The molecule has 4 aromatic rings. The van der Waals surface area contributed by atoms with Crippen molar-refractivity contribution in [2.45, 2.75) is 12.8 Å². The van der Waals surface area contributed by atoms with E-state index < -0.39 is 0 Å². The number of H-pyrrole nitrogens is 1. The number of para-hydroxylation sites is 1. The van der Waals surface area contributed by atoms with Gasteiger partial charge in [-0.15, -0.1) is 0 Å². The van der Waals surface area contributed by atoms with Crippen LogP contribution in [0.3, 0.4) is 0 Å². The molecule has 4 rings (SSSR count). The van der Waals surface area contributed by atoms with Crippen LogP contribution in [-0.2, 0) is 17.6 Å². The van der Waals surface area contributed by atoms with Crippen molar-refractivity contribution in [1.29, 1.82) is 0 Å². The second-order valence-corrected chi connectivity index (χ2v) is 6.32. The highest BCUT2D eigenvalue weighted by atomic mass is 16.1. The summed E-state index contributed by atoms with van der Waals surface area (Å²) in [5.41, 5.74) is 3.42. The van der Waals surface area contributed by atoms with Crippen LogP contribution in [0.1, 0.15) is 11.1 Å². The van der Waals surface area contributed by atoms with Crippen molar-refractivity contribution >= 4 is 27.6 Å². The van der Waals surface area contributed by atoms with Gasteiger partial charge in [0.05, 0.1) is 6.42 Å². The summed E-state index contributed by atoms with van der Waals surface area (Å²) in [6, 6.07) is 22.6. The minimum absolute atomic E-state index is 0.0649. The molecule has 0 atom stereocenters. The molecule has 0 bridgehead atoms. The summed E-state index contributed by atoms with van der Waals surface area (Å²) in [6.45, 7) is 0.647. The van der Waals surface area contributed by atoms with E-state index in [1.165, 1.54) is 21.7 Å². The Morgan fingerprint density at radius 1 is 0.920 bits per heavy atom. The normalized spacial score (nSPS) is 11.0. The van der Waals surface area contributed by atoms with Gasteiger partial charge in [-0.3, -0.25) is 4.79 Å². The number of rotatable bonds is 5. The van der Waals surface area contributed by atoms with Crippen LogP contribution < -0.4 is 5.32 Å². The Morgan fingerprint density at radius 3 is 2.64 bits per heavy atom. The number of amides is 1. The molecular weight excluding hydrogens is 308 g/mol. The number of fused-ring (bicyclic) bond motifs is 2. The first-order valence-corrected chi connectivity index (χ1v) is 8.59. The molecule has 3 heteroatoms. The Labute approximate surface area is 146 Å². The molecule has 124 valence electrons. The zero-order valence-electron chi connectivity index (χ0n) is 14.0. The zero-order chi connectivity index (χ0) is 17.1. The van der Waals surface area contributed by atoms with Gasteiger partial charge in [0.15, 0.2) is 0 Å². The number of aromatic amines is 1. The summed E-state index contributed by atoms with van der Waals surface area (Å²) >= 11 is 0. The third-order valence-electron chi connectivity index (χ3n) is 4.57. The van der Waals surface area contributed by atoms with Gasteiger partial charge in [0.25, 0.3) is 0 Å². The van der Waals surface area contributed by atoms with Crippen molar-refractivity contribution in [2.75, 3.05) is 6.54 Å². The Morgan fingerprint density at radius 2 is 1.72 bits per heavy atom. The van der Waals surface area contributed by atoms with E-state index in [-0.39, 0.29) is 5.91 Å². The summed E-state index contributed by atoms with van der Waals surface area (Å²) in [5.74, 6) is 0.0649. The van der Waals surface area contributed by atoms with Crippen molar-refractivity contribution in [2.24, 2.45) is 0 Å². The Kier molecular flexibility index (Phi) is 4.21. The van der Waals surface area contributed by atoms with Crippen LogP contribution in [-0.4, -0.2) is 17.4 Å². The molecule has 3 nitrogen and oxygen atoms in total. The first-order valence-electron chi connectivity index (χ1n) is 8.59. The molecule has 2 N–H and O–H groups in total. The topological polar surface area (TPSA) is 44.9 Å². The summed E-state index contributed by atoms with van der Waals surface area (Å²) in [6.07, 6.45) is 3.27. The van der Waals surface area contributed by atoms with Gasteiger partial charge in [-0.25, -0.2) is 0 Å². The summed E-state index contributed by atoms with van der Waals surface area (Å²) < 4.78 is 0. The number of hydrogen-bond acceptors (Lipinski definition) is 1. The molecule has 1 aromatic heterocycles. The molecule has 0 aliphatic carbocycles. The fraction of sp³-hybridized carbons (Fsp3) is 0.136. The predicted molar refractivity (Wildman–Crippen MR) is 103 cm³/mol. The SMILES string of the molecule is O=C(Cc1ccc2ccccc2c1)NCCc1c[nH]c2ccccc12. The highest BCUT2D eigenvalue weighted by molar-refractivity contribution is 5.86. The van der Waals surface area contributed by atoms with E-state index in [1.54, 1.807) is 0 Å². The molecule has 0 unspecified atom stereocenters. The summed E-state index contributed by atoms with van der Waals surface area (Å²) in [4.78, 5) is 15.5. The maximum atomic E-state index is 12.2. The number of hydrogen-bond donors (Lipinski definition) is 2. The highest BCUT2D eigenvalue weighted by Gasteiger charge is 2.06. The maximum absolute atomic E-state index is 12.2. The van der Waals surface area contributed by atoms with E-state index >= 15 is 0 Å². The first kappa shape index (κ1) is 15.5. The van der Waals surface area contributed by atoms with Crippen LogP contribution in [0.4, 0.5) is 0 Å². The molecule has 0 fully saturated rings. The van der Waals surface area contributed by atoms with Crippen LogP contribution in [0.15, 0.2) is 72.9 Å². The summed E-state index contributed by atoms with van der Waals surface area (Å²) in [5, 5.41) is 6.63. The van der Waals surface area contributed by atoms with Crippen molar-refractivity contribution in [1.82, 2.24) is 10.3 Å². The van der Waals surface area contributed by atoms with Crippen LogP contribution >= 0.6 is 0 Å². The molecule has 0 aliphatic heterocycles. The lowest BCUT2D eigenvalue weighted by Crippen LogP contribution is -2.27. The third-order valence-corrected chi connectivity index (χ3v) is 4.57. The number of carbonyl (C=O) groups excluding carboxylic acids is 1. The maximum Gasteiger partial charge on any atom is 0.224 e. The number of nitrogens with one attached hydrogen (secondary N) is 2. The number of carbonyl (C=O) groups is 1. The molecular formula is C22H20N2O. The number of aromatic nitrogens is 1. The van der Waals surface area contributed by atoms with Crippen molar-refractivity contribution in [3.05, 3.63) is 84.1 Å². The molecule has 0 radical (unpaired) electrons. The van der Waals surface area contributed by atoms with Crippen LogP contribution in [0.25, 0.3) is 21.7 Å². The standard InChI is InChI=1S/C22H20N2O/c25-22(14-16-9-10-17-5-1-2-6-18(17)13-16)23-12-11-19-15-24-21-8-4-3-7-20(19)21/h1-10,13,15,24H,11-12,14H2,(H,23,25). The zero-order valence-corrected chi connectivity index (χ0v) is 14.0. The van der Waals surface area contributed by atoms with Gasteiger partial charge in [0, 0.05) is 23.6 Å². The lowest BCUT2D eigenvalue weighted by atomic mass is 10.0. The molecule has 3 aromatic carbocycles. The number of benzene rings is 3. The van der Waals surface area contributed by atoms with E-state index in [2.05, 4.69) is 46.7 Å². The summed E-state index contributed by atoms with van der Waals surface area (Å²) in [7, 11) is 0. The van der Waals surface area contributed by atoms with E-state index in [0.29, 0.717) is 13.0 Å². The van der Waals surface area contributed by atoms with Crippen molar-refractivity contribution in [3.8, 4) is 0 Å². The molecule has 0 saturated carbocycles. The average Bonchev–Trinajstić information content (AvgIpc) is 3.05. The van der Waals surface area contributed by atoms with Gasteiger partial charge < -0.3 is 10.3 Å². The van der Waals surface area contributed by atoms with Crippen LogP contribution in [0.5, 0.6) is 0 Å². The largest absolute Gasteiger partial charge is 0.361 e. The van der Waals surface area contributed by atoms with Gasteiger partial charge in [0.2, 0.25) is 5.91 Å². The predicted octanol–water partition coefficient (Wildman–Crippen LogP) is 4.22. The Bertz CT molecular complexity index is 1030. The second-order valence-electron chi connectivity index (χ2n) is 6.32. The Hall–Kier alpha value is -3.07. The molecule has 25 heavy (non-hydrogen) atoms.